The van der Waals surface area contributed by atoms with Crippen LogP contribution in [0.2, 0.25) is 0 Å². The number of nitrogens with one attached hydrogen (secondary N) is 1. The second-order valence-electron chi connectivity index (χ2n) is 6.93. The molecule has 0 saturated heterocycles. The van der Waals surface area contributed by atoms with Crippen molar-refractivity contribution in [2.75, 3.05) is 0 Å². The molecule has 0 aromatic heterocycles. The van der Waals surface area contributed by atoms with Gasteiger partial charge in [-0.2, -0.15) is 0 Å². The second kappa shape index (κ2) is 9.38. The van der Waals surface area contributed by atoms with Crippen LogP contribution in [-0.4, -0.2) is 14.5 Å². The third-order valence-corrected chi connectivity index (χ3v) is 6.37. The van der Waals surface area contributed by atoms with Gasteiger partial charge in [-0.15, -0.1) is 0 Å². The van der Waals surface area contributed by atoms with Gasteiger partial charge in [0.2, 0.25) is 10.0 Å². The molecule has 0 radical (unpaired) electrons. The lowest BCUT2D eigenvalue weighted by Gasteiger charge is -2.30. The second-order valence-corrected chi connectivity index (χ2v) is 8.65. The van der Waals surface area contributed by atoms with E-state index in [0.29, 0.717) is 10.8 Å². The number of unbranched alkanes of at least 4 members (excludes halogenated alkanes) is 1. The van der Waals surface area contributed by atoms with Crippen molar-refractivity contribution in [3.63, 3.8) is 0 Å². The van der Waals surface area contributed by atoms with E-state index in [-0.39, 0.29) is 6.04 Å². The summed E-state index contributed by atoms with van der Waals surface area (Å²) in [5.74, 6) is 0.449. The van der Waals surface area contributed by atoms with Gasteiger partial charge in [0.1, 0.15) is 0 Å². The van der Waals surface area contributed by atoms with Crippen molar-refractivity contribution < 1.29 is 8.42 Å². The highest BCUT2D eigenvalue weighted by molar-refractivity contribution is 7.89. The van der Waals surface area contributed by atoms with E-state index in [1.807, 2.05) is 19.1 Å². The van der Waals surface area contributed by atoms with Gasteiger partial charge < -0.3 is 0 Å². The van der Waals surface area contributed by atoms with Crippen LogP contribution in [0.1, 0.15) is 63.9 Å². The molecule has 0 heterocycles. The third-order valence-electron chi connectivity index (χ3n) is 4.87. The zero-order valence-electron chi connectivity index (χ0n) is 15.0. The average molecular weight is 350 g/mol. The predicted molar refractivity (Wildman–Crippen MR) is 101 cm³/mol. The summed E-state index contributed by atoms with van der Waals surface area (Å²) >= 11 is 0. The van der Waals surface area contributed by atoms with Crippen LogP contribution in [0.15, 0.2) is 41.3 Å². The van der Waals surface area contributed by atoms with E-state index in [1.165, 1.54) is 19.3 Å². The van der Waals surface area contributed by atoms with Crippen LogP contribution in [0.3, 0.4) is 0 Å². The Morgan fingerprint density at radius 1 is 1.12 bits per heavy atom. The van der Waals surface area contributed by atoms with Crippen LogP contribution in [-0.2, 0) is 10.0 Å². The number of benzene rings is 1. The Hall–Kier alpha value is -1.13. The standard InChI is InChI=1S/C20H31NO2S/c1-3-4-5-9-12-20(18-10-7-6-8-11-18)21-24(22,23)19-15-13-17(2)14-16-19/h5,9,13-16,18,20-21H,3-4,6-8,10-12H2,1-2H3/b9-5+. The number of hydrogen-bond donors (Lipinski definition) is 1. The summed E-state index contributed by atoms with van der Waals surface area (Å²) in [6, 6.07) is 7.10. The van der Waals surface area contributed by atoms with E-state index in [9.17, 15) is 8.42 Å². The normalized spacial score (nSPS) is 18.1. The minimum atomic E-state index is -3.45. The zero-order chi connectivity index (χ0) is 17.4. The summed E-state index contributed by atoms with van der Waals surface area (Å²) in [6.45, 7) is 4.12. The largest absolute Gasteiger partial charge is 0.240 e. The molecule has 1 saturated carbocycles. The Morgan fingerprint density at radius 2 is 1.79 bits per heavy atom. The highest BCUT2D eigenvalue weighted by Gasteiger charge is 2.27. The smallest absolute Gasteiger partial charge is 0.207 e. The molecular formula is C20H31NO2S. The fraction of sp³-hybridized carbons (Fsp3) is 0.600. The Morgan fingerprint density at radius 3 is 2.42 bits per heavy atom. The van der Waals surface area contributed by atoms with Crippen LogP contribution in [0, 0.1) is 12.8 Å². The SMILES string of the molecule is CCC/C=C/CC(NS(=O)(=O)c1ccc(C)cc1)C1CCCCC1. The topological polar surface area (TPSA) is 46.2 Å². The first-order chi connectivity index (χ1) is 11.5. The van der Waals surface area contributed by atoms with E-state index in [1.54, 1.807) is 12.1 Å². The van der Waals surface area contributed by atoms with Crippen LogP contribution >= 0.6 is 0 Å². The molecule has 1 aliphatic rings. The highest BCUT2D eigenvalue weighted by Crippen LogP contribution is 2.29. The fourth-order valence-corrected chi connectivity index (χ4v) is 4.70. The van der Waals surface area contributed by atoms with Gasteiger partial charge in [-0.25, -0.2) is 13.1 Å². The molecule has 0 amide bonds. The Balaban J connectivity index is 2.11. The minimum Gasteiger partial charge on any atom is -0.207 e. The number of rotatable bonds is 8. The molecule has 24 heavy (non-hydrogen) atoms. The van der Waals surface area contributed by atoms with Crippen LogP contribution < -0.4 is 4.72 Å². The molecule has 0 bridgehead atoms. The molecule has 4 heteroatoms. The maximum Gasteiger partial charge on any atom is 0.240 e. The van der Waals surface area contributed by atoms with Crippen molar-refractivity contribution in [3.8, 4) is 0 Å². The summed E-state index contributed by atoms with van der Waals surface area (Å²) in [4.78, 5) is 0.367. The molecule has 3 nitrogen and oxygen atoms in total. The van der Waals surface area contributed by atoms with Gasteiger partial charge in [0.25, 0.3) is 0 Å². The minimum absolute atomic E-state index is 0.00436. The molecule has 2 rings (SSSR count). The maximum atomic E-state index is 12.8. The van der Waals surface area contributed by atoms with Crippen molar-refractivity contribution >= 4 is 10.0 Å². The lowest BCUT2D eigenvalue weighted by molar-refractivity contribution is 0.291. The Labute approximate surface area is 147 Å². The van der Waals surface area contributed by atoms with E-state index >= 15 is 0 Å². The molecule has 1 aliphatic carbocycles. The molecular weight excluding hydrogens is 318 g/mol. The first-order valence-corrected chi connectivity index (χ1v) is 10.7. The van der Waals surface area contributed by atoms with Gasteiger partial charge >= 0.3 is 0 Å². The number of aryl methyl sites for hydroxylation is 1. The monoisotopic (exact) mass is 349 g/mol. The van der Waals surface area contributed by atoms with Crippen LogP contribution in [0.5, 0.6) is 0 Å². The number of hydrogen-bond acceptors (Lipinski definition) is 2. The molecule has 1 fully saturated rings. The van der Waals surface area contributed by atoms with Gasteiger partial charge in [0, 0.05) is 6.04 Å². The first-order valence-electron chi connectivity index (χ1n) is 9.27. The average Bonchev–Trinajstić information content (AvgIpc) is 2.59. The number of sulfonamides is 1. The Kier molecular flexibility index (Phi) is 7.50. The summed E-state index contributed by atoms with van der Waals surface area (Å²) in [5.41, 5.74) is 1.07. The summed E-state index contributed by atoms with van der Waals surface area (Å²) in [6.07, 6.45) is 13.3. The van der Waals surface area contributed by atoms with Gasteiger partial charge in [-0.05, 0) is 50.7 Å². The molecule has 0 aliphatic heterocycles. The van der Waals surface area contributed by atoms with Crippen LogP contribution in [0.4, 0.5) is 0 Å². The molecule has 1 unspecified atom stereocenters. The molecule has 1 aromatic carbocycles. The fourth-order valence-electron chi connectivity index (χ4n) is 3.39. The zero-order valence-corrected chi connectivity index (χ0v) is 15.8. The lowest BCUT2D eigenvalue weighted by atomic mass is 9.83. The van der Waals surface area contributed by atoms with E-state index < -0.39 is 10.0 Å². The van der Waals surface area contributed by atoms with Crippen molar-refractivity contribution in [1.29, 1.82) is 0 Å². The first kappa shape index (κ1) is 19.2. The van der Waals surface area contributed by atoms with Gasteiger partial charge in [-0.3, -0.25) is 0 Å². The van der Waals surface area contributed by atoms with E-state index in [0.717, 1.165) is 37.7 Å². The maximum absolute atomic E-state index is 12.8. The quantitative estimate of drug-likeness (QED) is 0.674. The van der Waals surface area contributed by atoms with Crippen molar-refractivity contribution in [3.05, 3.63) is 42.0 Å². The van der Waals surface area contributed by atoms with Gasteiger partial charge in [0.05, 0.1) is 4.90 Å². The van der Waals surface area contributed by atoms with Gasteiger partial charge in [-0.1, -0.05) is 62.5 Å². The third kappa shape index (κ3) is 5.75. The Bertz CT molecular complexity index is 614. The molecule has 1 atom stereocenters. The molecule has 1 N–H and O–H groups in total. The highest BCUT2D eigenvalue weighted by atomic mass is 32.2. The summed E-state index contributed by atoms with van der Waals surface area (Å²) < 4.78 is 28.5. The molecule has 134 valence electrons. The van der Waals surface area contributed by atoms with E-state index in [4.69, 9.17) is 0 Å². The summed E-state index contributed by atoms with van der Waals surface area (Å²) in [7, 11) is -3.45. The van der Waals surface area contributed by atoms with Crippen molar-refractivity contribution in [2.45, 2.75) is 76.2 Å². The van der Waals surface area contributed by atoms with Crippen molar-refractivity contribution in [2.24, 2.45) is 5.92 Å². The van der Waals surface area contributed by atoms with Gasteiger partial charge in [0.15, 0.2) is 0 Å². The lowest BCUT2D eigenvalue weighted by Crippen LogP contribution is -2.40. The van der Waals surface area contributed by atoms with E-state index in [2.05, 4.69) is 23.8 Å². The predicted octanol–water partition coefficient (Wildman–Crippen LogP) is 4.97. The van der Waals surface area contributed by atoms with Crippen molar-refractivity contribution in [1.82, 2.24) is 4.72 Å². The number of allylic oxidation sites excluding steroid dienone is 1. The van der Waals surface area contributed by atoms with Crippen LogP contribution in [0.25, 0.3) is 0 Å². The summed E-state index contributed by atoms with van der Waals surface area (Å²) in [5, 5.41) is 0. The molecule has 1 aromatic rings. The molecule has 0 spiro atoms.